The number of aliphatic imine (C=N–C) groups is 1. The first-order chi connectivity index (χ1) is 11.9. The number of nitrogens with zero attached hydrogens (tertiary/aromatic N) is 2. The highest BCUT2D eigenvalue weighted by molar-refractivity contribution is 14.0. The van der Waals surface area contributed by atoms with Gasteiger partial charge in [0.25, 0.3) is 0 Å². The standard InChI is InChI=1S/C16H24BrFN4O2S.HI/c1-3-25(23,24)22-8-6-14(7-9-22)21-16(19-2)20-11-12-4-5-13(17)10-15(12)18;/h4-5,10,14H,3,6-9,11H2,1-2H3,(H2,19,20,21);1H. The molecule has 0 amide bonds. The first-order valence-corrected chi connectivity index (χ1v) is 10.6. The van der Waals surface area contributed by atoms with Crippen LogP contribution in [-0.4, -0.2) is 50.6 Å². The van der Waals surface area contributed by atoms with Crippen LogP contribution in [0.3, 0.4) is 0 Å². The van der Waals surface area contributed by atoms with Crippen molar-refractivity contribution >= 4 is 55.9 Å². The zero-order chi connectivity index (χ0) is 18.4. The molecule has 1 aromatic carbocycles. The van der Waals surface area contributed by atoms with Crippen molar-refractivity contribution in [1.29, 1.82) is 0 Å². The summed E-state index contributed by atoms with van der Waals surface area (Å²) in [5.74, 6) is 0.433. The average molecular weight is 563 g/mol. The zero-order valence-corrected chi connectivity index (χ0v) is 19.6. The third-order valence-corrected chi connectivity index (χ3v) is 6.61. The Morgan fingerprint density at radius 2 is 2.04 bits per heavy atom. The molecule has 2 N–H and O–H groups in total. The second-order valence-corrected chi connectivity index (χ2v) is 9.05. The number of nitrogens with one attached hydrogen (secondary N) is 2. The van der Waals surface area contributed by atoms with E-state index in [-0.39, 0.29) is 41.6 Å². The van der Waals surface area contributed by atoms with E-state index in [1.807, 2.05) is 0 Å². The van der Waals surface area contributed by atoms with Crippen LogP contribution in [0, 0.1) is 5.82 Å². The first kappa shape index (κ1) is 23.6. The van der Waals surface area contributed by atoms with E-state index in [1.54, 1.807) is 30.4 Å². The Bertz CT molecular complexity index is 725. The second kappa shape index (κ2) is 10.8. The lowest BCUT2D eigenvalue weighted by Crippen LogP contribution is -2.49. The fourth-order valence-electron chi connectivity index (χ4n) is 2.69. The lowest BCUT2D eigenvalue weighted by molar-refractivity contribution is 0.306. The molecule has 0 unspecified atom stereocenters. The molecule has 0 radical (unpaired) electrons. The largest absolute Gasteiger partial charge is 0.354 e. The SMILES string of the molecule is CCS(=O)(=O)N1CCC(NC(=NC)NCc2ccc(Br)cc2F)CC1.I. The molecular formula is C16H25BrFIN4O2S. The van der Waals surface area contributed by atoms with Gasteiger partial charge in [-0.3, -0.25) is 4.99 Å². The smallest absolute Gasteiger partial charge is 0.213 e. The Kier molecular flexibility index (Phi) is 9.76. The molecule has 0 aromatic heterocycles. The number of guanidine groups is 1. The highest BCUT2D eigenvalue weighted by Gasteiger charge is 2.26. The van der Waals surface area contributed by atoms with Gasteiger partial charge in [-0.15, -0.1) is 24.0 Å². The Hall–Kier alpha value is -0.460. The maximum atomic E-state index is 13.9. The summed E-state index contributed by atoms with van der Waals surface area (Å²) in [5.41, 5.74) is 0.551. The molecule has 26 heavy (non-hydrogen) atoms. The quantitative estimate of drug-likeness (QED) is 0.329. The second-order valence-electron chi connectivity index (χ2n) is 5.88. The van der Waals surface area contributed by atoms with Crippen molar-refractivity contribution < 1.29 is 12.8 Å². The van der Waals surface area contributed by atoms with Gasteiger partial charge in [0, 0.05) is 42.8 Å². The predicted molar refractivity (Wildman–Crippen MR) is 117 cm³/mol. The lowest BCUT2D eigenvalue weighted by atomic mass is 10.1. The van der Waals surface area contributed by atoms with Crippen LogP contribution < -0.4 is 10.6 Å². The molecule has 1 aromatic rings. The summed E-state index contributed by atoms with van der Waals surface area (Å²) in [6.45, 7) is 2.99. The summed E-state index contributed by atoms with van der Waals surface area (Å²) in [6.07, 6.45) is 1.43. The molecule has 0 saturated carbocycles. The monoisotopic (exact) mass is 562 g/mol. The number of rotatable bonds is 5. The van der Waals surface area contributed by atoms with E-state index in [2.05, 4.69) is 31.6 Å². The average Bonchev–Trinajstić information content (AvgIpc) is 2.60. The molecule has 2 rings (SSSR count). The first-order valence-electron chi connectivity index (χ1n) is 8.24. The van der Waals surface area contributed by atoms with E-state index < -0.39 is 10.0 Å². The Morgan fingerprint density at radius 3 is 2.58 bits per heavy atom. The fraction of sp³-hybridized carbons (Fsp3) is 0.562. The van der Waals surface area contributed by atoms with E-state index >= 15 is 0 Å². The summed E-state index contributed by atoms with van der Waals surface area (Å²) in [7, 11) is -1.46. The minimum atomic E-state index is -3.12. The van der Waals surface area contributed by atoms with Gasteiger partial charge in [0.15, 0.2) is 5.96 Å². The van der Waals surface area contributed by atoms with Crippen molar-refractivity contribution in [3.8, 4) is 0 Å². The van der Waals surface area contributed by atoms with Crippen LogP contribution in [0.25, 0.3) is 0 Å². The number of halogens is 3. The maximum Gasteiger partial charge on any atom is 0.213 e. The van der Waals surface area contributed by atoms with Crippen molar-refractivity contribution in [3.05, 3.63) is 34.1 Å². The normalized spacial score (nSPS) is 16.8. The number of piperidine rings is 1. The van der Waals surface area contributed by atoms with Gasteiger partial charge in [-0.2, -0.15) is 0 Å². The van der Waals surface area contributed by atoms with E-state index in [0.717, 1.165) is 0 Å². The van der Waals surface area contributed by atoms with Crippen molar-refractivity contribution in [1.82, 2.24) is 14.9 Å². The van der Waals surface area contributed by atoms with Gasteiger partial charge < -0.3 is 10.6 Å². The molecular weight excluding hydrogens is 538 g/mol. The molecule has 1 fully saturated rings. The minimum absolute atomic E-state index is 0. The molecule has 1 aliphatic rings. The van der Waals surface area contributed by atoms with Gasteiger partial charge in [-0.05, 0) is 31.9 Å². The highest BCUT2D eigenvalue weighted by Crippen LogP contribution is 2.16. The third kappa shape index (κ3) is 6.61. The zero-order valence-electron chi connectivity index (χ0n) is 14.8. The number of hydrogen-bond donors (Lipinski definition) is 2. The van der Waals surface area contributed by atoms with E-state index in [0.29, 0.717) is 48.5 Å². The predicted octanol–water partition coefficient (Wildman–Crippen LogP) is 2.69. The van der Waals surface area contributed by atoms with Gasteiger partial charge in [-0.25, -0.2) is 17.1 Å². The summed E-state index contributed by atoms with van der Waals surface area (Å²) in [4.78, 5) is 4.16. The number of sulfonamides is 1. The molecule has 1 saturated heterocycles. The molecule has 0 aliphatic carbocycles. The summed E-state index contributed by atoms with van der Waals surface area (Å²) in [5, 5.41) is 6.38. The molecule has 148 valence electrons. The van der Waals surface area contributed by atoms with Crippen LogP contribution in [0.4, 0.5) is 4.39 Å². The number of benzene rings is 1. The maximum absolute atomic E-state index is 13.9. The van der Waals surface area contributed by atoms with Crippen LogP contribution in [0.1, 0.15) is 25.3 Å². The van der Waals surface area contributed by atoms with Crippen LogP contribution in [0.15, 0.2) is 27.7 Å². The van der Waals surface area contributed by atoms with Crippen LogP contribution in [0.2, 0.25) is 0 Å². The summed E-state index contributed by atoms with van der Waals surface area (Å²) >= 11 is 3.24. The molecule has 6 nitrogen and oxygen atoms in total. The van der Waals surface area contributed by atoms with Crippen molar-refractivity contribution in [2.75, 3.05) is 25.9 Å². The van der Waals surface area contributed by atoms with Gasteiger partial charge in [0.05, 0.1) is 5.75 Å². The molecule has 0 spiro atoms. The molecule has 1 heterocycles. The molecule has 1 aliphatic heterocycles. The molecule has 0 bridgehead atoms. The van der Waals surface area contributed by atoms with Gasteiger partial charge in [-0.1, -0.05) is 22.0 Å². The summed E-state index contributed by atoms with van der Waals surface area (Å²) < 4.78 is 39.9. The Labute approximate surface area is 180 Å². The van der Waals surface area contributed by atoms with Gasteiger partial charge >= 0.3 is 0 Å². The van der Waals surface area contributed by atoms with Crippen LogP contribution in [-0.2, 0) is 16.6 Å². The third-order valence-electron chi connectivity index (χ3n) is 4.24. The van der Waals surface area contributed by atoms with Crippen molar-refractivity contribution in [3.63, 3.8) is 0 Å². The van der Waals surface area contributed by atoms with Gasteiger partial charge in [0.2, 0.25) is 10.0 Å². The Balaban J connectivity index is 0.00000338. The lowest BCUT2D eigenvalue weighted by Gasteiger charge is -2.32. The van der Waals surface area contributed by atoms with E-state index in [9.17, 15) is 12.8 Å². The highest BCUT2D eigenvalue weighted by atomic mass is 127. The van der Waals surface area contributed by atoms with Crippen LogP contribution in [0.5, 0.6) is 0 Å². The molecule has 10 heteroatoms. The van der Waals surface area contributed by atoms with Crippen LogP contribution >= 0.6 is 39.9 Å². The minimum Gasteiger partial charge on any atom is -0.354 e. The number of hydrogen-bond acceptors (Lipinski definition) is 3. The fourth-order valence-corrected chi connectivity index (χ4v) is 4.16. The van der Waals surface area contributed by atoms with E-state index in [1.165, 1.54) is 6.07 Å². The summed E-state index contributed by atoms with van der Waals surface area (Å²) in [6, 6.07) is 5.08. The van der Waals surface area contributed by atoms with E-state index in [4.69, 9.17) is 0 Å². The molecule has 0 atom stereocenters. The topological polar surface area (TPSA) is 73.8 Å². The Morgan fingerprint density at radius 1 is 1.38 bits per heavy atom. The van der Waals surface area contributed by atoms with Crippen molar-refractivity contribution in [2.45, 2.75) is 32.4 Å². The van der Waals surface area contributed by atoms with Crippen molar-refractivity contribution in [2.24, 2.45) is 4.99 Å². The van der Waals surface area contributed by atoms with Gasteiger partial charge in [0.1, 0.15) is 5.82 Å².